The van der Waals surface area contributed by atoms with Crippen LogP contribution in [0.1, 0.15) is 37.6 Å². The molecular formula is C11H17N3. The first-order valence-corrected chi connectivity index (χ1v) is 5.18. The predicted molar refractivity (Wildman–Crippen MR) is 57.4 cm³/mol. The first-order chi connectivity index (χ1) is 6.57. The van der Waals surface area contributed by atoms with Crippen molar-refractivity contribution in [1.82, 2.24) is 9.97 Å². The minimum absolute atomic E-state index is 0.236. The summed E-state index contributed by atoms with van der Waals surface area (Å²) >= 11 is 0. The van der Waals surface area contributed by atoms with Crippen molar-refractivity contribution < 1.29 is 0 Å². The molecular weight excluding hydrogens is 174 g/mol. The van der Waals surface area contributed by atoms with Gasteiger partial charge >= 0.3 is 0 Å². The summed E-state index contributed by atoms with van der Waals surface area (Å²) in [5, 5.41) is 3.41. The Hall–Kier alpha value is -1.12. The summed E-state index contributed by atoms with van der Waals surface area (Å²) < 4.78 is 0. The van der Waals surface area contributed by atoms with Gasteiger partial charge in [-0.1, -0.05) is 0 Å². The second-order valence-corrected chi connectivity index (χ2v) is 4.51. The fraction of sp³-hybridized carbons (Fsp3) is 0.636. The van der Waals surface area contributed by atoms with Gasteiger partial charge in [-0.25, -0.2) is 9.97 Å². The Bertz CT molecular complexity index is 322. The molecule has 14 heavy (non-hydrogen) atoms. The van der Waals surface area contributed by atoms with E-state index in [1.54, 1.807) is 0 Å². The van der Waals surface area contributed by atoms with Crippen molar-refractivity contribution in [2.75, 3.05) is 5.32 Å². The lowest BCUT2D eigenvalue weighted by Gasteiger charge is -2.39. The van der Waals surface area contributed by atoms with Crippen LogP contribution in [0.5, 0.6) is 0 Å². The van der Waals surface area contributed by atoms with Gasteiger partial charge in [0.25, 0.3) is 0 Å². The van der Waals surface area contributed by atoms with E-state index >= 15 is 0 Å². The fourth-order valence-electron chi connectivity index (χ4n) is 1.88. The lowest BCUT2D eigenvalue weighted by molar-refractivity contribution is 0.304. The number of nitrogens with one attached hydrogen (secondary N) is 1. The van der Waals surface area contributed by atoms with Gasteiger partial charge in [0.1, 0.15) is 0 Å². The van der Waals surface area contributed by atoms with Crippen LogP contribution in [0.2, 0.25) is 0 Å². The van der Waals surface area contributed by atoms with Crippen LogP contribution >= 0.6 is 0 Å². The summed E-state index contributed by atoms with van der Waals surface area (Å²) in [6.07, 6.45) is 3.76. The summed E-state index contributed by atoms with van der Waals surface area (Å²) in [4.78, 5) is 8.76. The number of hydrogen-bond acceptors (Lipinski definition) is 3. The Balaban J connectivity index is 2.16. The van der Waals surface area contributed by atoms with Crippen LogP contribution in [0.3, 0.4) is 0 Å². The summed E-state index contributed by atoms with van der Waals surface area (Å²) in [6, 6.07) is 1.99. The van der Waals surface area contributed by atoms with E-state index in [0.717, 1.165) is 17.3 Å². The molecule has 3 nitrogen and oxygen atoms in total. The highest BCUT2D eigenvalue weighted by Crippen LogP contribution is 2.33. The molecule has 1 fully saturated rings. The van der Waals surface area contributed by atoms with Gasteiger partial charge in [0.15, 0.2) is 0 Å². The molecule has 2 rings (SSSR count). The second-order valence-electron chi connectivity index (χ2n) is 4.51. The highest BCUT2D eigenvalue weighted by molar-refractivity contribution is 5.32. The maximum Gasteiger partial charge on any atom is 0.223 e. The summed E-state index contributed by atoms with van der Waals surface area (Å²) in [6.45, 7) is 6.24. The molecule has 1 heterocycles. The van der Waals surface area contributed by atoms with Gasteiger partial charge in [0.2, 0.25) is 5.95 Å². The summed E-state index contributed by atoms with van der Waals surface area (Å²) in [5.41, 5.74) is 2.30. The monoisotopic (exact) mass is 191 g/mol. The largest absolute Gasteiger partial charge is 0.349 e. The van der Waals surface area contributed by atoms with Crippen molar-refractivity contribution in [1.29, 1.82) is 0 Å². The molecule has 0 unspecified atom stereocenters. The van der Waals surface area contributed by atoms with Crippen LogP contribution < -0.4 is 5.32 Å². The maximum absolute atomic E-state index is 4.38. The van der Waals surface area contributed by atoms with E-state index < -0.39 is 0 Å². The topological polar surface area (TPSA) is 37.8 Å². The molecule has 0 atom stereocenters. The zero-order valence-corrected chi connectivity index (χ0v) is 9.09. The third kappa shape index (κ3) is 1.86. The van der Waals surface area contributed by atoms with Crippen molar-refractivity contribution in [3.05, 3.63) is 17.5 Å². The van der Waals surface area contributed by atoms with E-state index in [1.165, 1.54) is 19.3 Å². The summed E-state index contributed by atoms with van der Waals surface area (Å²) in [7, 11) is 0. The molecule has 0 amide bonds. The molecule has 0 radical (unpaired) electrons. The van der Waals surface area contributed by atoms with E-state index in [2.05, 4.69) is 22.2 Å². The minimum Gasteiger partial charge on any atom is -0.349 e. The van der Waals surface area contributed by atoms with Gasteiger partial charge in [-0.05, 0) is 46.1 Å². The molecule has 1 saturated carbocycles. The van der Waals surface area contributed by atoms with Crippen LogP contribution in [0.15, 0.2) is 6.07 Å². The van der Waals surface area contributed by atoms with Crippen LogP contribution in [-0.4, -0.2) is 15.5 Å². The van der Waals surface area contributed by atoms with Crippen LogP contribution in [-0.2, 0) is 0 Å². The molecule has 1 aliphatic carbocycles. The normalized spacial score (nSPS) is 18.8. The standard InChI is InChI=1S/C11H17N3/c1-8-7-9(2)13-10(12-8)14-11(3)5-4-6-11/h7H,4-6H2,1-3H3,(H,12,13,14). The molecule has 1 N–H and O–H groups in total. The van der Waals surface area contributed by atoms with Gasteiger partial charge in [0.05, 0.1) is 0 Å². The van der Waals surface area contributed by atoms with Gasteiger partial charge < -0.3 is 5.32 Å². The fourth-order valence-corrected chi connectivity index (χ4v) is 1.88. The molecule has 0 bridgehead atoms. The third-order valence-corrected chi connectivity index (χ3v) is 2.85. The highest BCUT2D eigenvalue weighted by atomic mass is 15.1. The molecule has 1 aliphatic rings. The number of aryl methyl sites for hydroxylation is 2. The number of anilines is 1. The van der Waals surface area contributed by atoms with E-state index in [-0.39, 0.29) is 5.54 Å². The van der Waals surface area contributed by atoms with Crippen LogP contribution in [0.25, 0.3) is 0 Å². The van der Waals surface area contributed by atoms with Crippen molar-refractivity contribution >= 4 is 5.95 Å². The lowest BCUT2D eigenvalue weighted by Crippen LogP contribution is -2.42. The second kappa shape index (κ2) is 3.23. The Labute approximate surface area is 85.0 Å². The van der Waals surface area contributed by atoms with Gasteiger partial charge in [0, 0.05) is 16.9 Å². The first-order valence-electron chi connectivity index (χ1n) is 5.18. The van der Waals surface area contributed by atoms with E-state index in [4.69, 9.17) is 0 Å². The molecule has 1 aromatic rings. The molecule has 0 saturated heterocycles. The van der Waals surface area contributed by atoms with Crippen molar-refractivity contribution in [2.24, 2.45) is 0 Å². The average molecular weight is 191 g/mol. The third-order valence-electron chi connectivity index (χ3n) is 2.85. The zero-order valence-electron chi connectivity index (χ0n) is 9.09. The molecule has 76 valence electrons. The van der Waals surface area contributed by atoms with Crippen LogP contribution in [0, 0.1) is 13.8 Å². The minimum atomic E-state index is 0.236. The predicted octanol–water partition coefficient (Wildman–Crippen LogP) is 2.45. The Morgan fingerprint density at radius 3 is 2.21 bits per heavy atom. The van der Waals surface area contributed by atoms with Gasteiger partial charge in [-0.15, -0.1) is 0 Å². The number of aromatic nitrogens is 2. The van der Waals surface area contributed by atoms with Gasteiger partial charge in [-0.2, -0.15) is 0 Å². The molecule has 1 aromatic heterocycles. The number of hydrogen-bond donors (Lipinski definition) is 1. The molecule has 0 spiro atoms. The number of rotatable bonds is 2. The Morgan fingerprint density at radius 2 is 1.79 bits per heavy atom. The van der Waals surface area contributed by atoms with Crippen molar-refractivity contribution in [2.45, 2.75) is 45.6 Å². The smallest absolute Gasteiger partial charge is 0.223 e. The zero-order chi connectivity index (χ0) is 10.2. The van der Waals surface area contributed by atoms with Crippen molar-refractivity contribution in [3.8, 4) is 0 Å². The number of nitrogens with zero attached hydrogens (tertiary/aromatic N) is 2. The lowest BCUT2D eigenvalue weighted by atomic mass is 9.79. The van der Waals surface area contributed by atoms with E-state index in [0.29, 0.717) is 0 Å². The van der Waals surface area contributed by atoms with Crippen LogP contribution in [0.4, 0.5) is 5.95 Å². The van der Waals surface area contributed by atoms with Crippen molar-refractivity contribution in [3.63, 3.8) is 0 Å². The average Bonchev–Trinajstić information content (AvgIpc) is 1.99. The Kier molecular flexibility index (Phi) is 2.17. The highest BCUT2D eigenvalue weighted by Gasteiger charge is 2.32. The van der Waals surface area contributed by atoms with E-state index in [9.17, 15) is 0 Å². The Morgan fingerprint density at radius 1 is 1.21 bits per heavy atom. The molecule has 0 aliphatic heterocycles. The maximum atomic E-state index is 4.38. The summed E-state index contributed by atoms with van der Waals surface area (Å²) in [5.74, 6) is 0.782. The molecule has 3 heteroatoms. The van der Waals surface area contributed by atoms with Gasteiger partial charge in [-0.3, -0.25) is 0 Å². The van der Waals surface area contributed by atoms with E-state index in [1.807, 2.05) is 19.9 Å². The quantitative estimate of drug-likeness (QED) is 0.780. The SMILES string of the molecule is Cc1cc(C)nc(NC2(C)CCC2)n1. The first kappa shape index (κ1) is 9.44. The molecule has 0 aromatic carbocycles.